The Hall–Kier alpha value is -0.910. The molecule has 0 aromatic rings. The van der Waals surface area contributed by atoms with E-state index in [1.54, 1.807) is 0 Å². The first-order chi connectivity index (χ1) is 16.5. The molecule has 5 N–H and O–H groups in total. The molecule has 194 valence electrons. The molecule has 0 aromatic carbocycles. The maximum atomic E-state index is 14.4. The maximum absolute atomic E-state index is 14.4. The minimum atomic E-state index is -0.840. The van der Waals surface area contributed by atoms with E-state index in [4.69, 9.17) is 4.74 Å². The molecule has 3 heterocycles. The first-order valence-electron chi connectivity index (χ1n) is 13.4. The number of rotatable bonds is 6. The number of nitrogens with one attached hydrogen (secondary N) is 5. The number of hydrogen-bond acceptors (Lipinski definition) is 7. The number of alkyl halides is 2. The third-order valence-corrected chi connectivity index (χ3v) is 8.95. The lowest BCUT2D eigenvalue weighted by Crippen LogP contribution is -2.52. The highest BCUT2D eigenvalue weighted by molar-refractivity contribution is 5.79. The number of hydrazine groups is 1. The first-order valence-corrected chi connectivity index (χ1v) is 13.4. The molecule has 5 rings (SSSR count). The lowest BCUT2D eigenvalue weighted by atomic mass is 9.81. The van der Waals surface area contributed by atoms with Crippen molar-refractivity contribution in [3.8, 4) is 0 Å². The average molecular weight is 485 g/mol. The van der Waals surface area contributed by atoms with E-state index in [-0.39, 0.29) is 48.1 Å². The van der Waals surface area contributed by atoms with E-state index in [2.05, 4.69) is 31.7 Å². The number of fused-ring (bicyclic) bond motifs is 1. The summed E-state index contributed by atoms with van der Waals surface area (Å²) in [5, 5.41) is 10.0. The molecule has 2 saturated carbocycles. The summed E-state index contributed by atoms with van der Waals surface area (Å²) in [5.74, 6) is 0.359. The number of amides is 1. The van der Waals surface area contributed by atoms with Crippen LogP contribution in [0.25, 0.3) is 0 Å². The van der Waals surface area contributed by atoms with Gasteiger partial charge in [0.15, 0.2) is 0 Å². The fourth-order valence-corrected chi connectivity index (χ4v) is 6.83. The van der Waals surface area contributed by atoms with Gasteiger partial charge in [0.25, 0.3) is 0 Å². The molecule has 0 radical (unpaired) electrons. The van der Waals surface area contributed by atoms with Crippen molar-refractivity contribution in [2.45, 2.75) is 94.2 Å². The summed E-state index contributed by atoms with van der Waals surface area (Å²) in [7, 11) is 2.04. The molecule has 10 atom stereocenters. The van der Waals surface area contributed by atoms with Crippen LogP contribution in [0.4, 0.5) is 8.78 Å². The molecule has 5 fully saturated rings. The number of likely N-dealkylation sites (N-methyl/N-ethyl adjacent to an activating group) is 1. The van der Waals surface area contributed by atoms with E-state index >= 15 is 0 Å². The normalized spacial score (nSPS) is 45.7. The van der Waals surface area contributed by atoms with Crippen LogP contribution in [0.15, 0.2) is 0 Å². The lowest BCUT2D eigenvalue weighted by molar-refractivity contribution is -0.127. The fraction of sp³-hybridized carbons (Fsp3) is 0.958. The van der Waals surface area contributed by atoms with Gasteiger partial charge in [0.1, 0.15) is 12.3 Å². The summed E-state index contributed by atoms with van der Waals surface area (Å²) in [4.78, 5) is 15.3. The molecule has 0 spiro atoms. The summed E-state index contributed by atoms with van der Waals surface area (Å²) in [6.45, 7) is 2.53. The predicted molar refractivity (Wildman–Crippen MR) is 125 cm³/mol. The van der Waals surface area contributed by atoms with Gasteiger partial charge in [0.05, 0.1) is 31.1 Å². The molecule has 5 aliphatic rings. The standard InChI is InChI=1S/C24H42F2N6O2/c1-32-22(30-31-23(32)17-7-8-27-11-19(17)26)12-28-16-4-2-3-14(9-16)24(33)29-20-13-34-21-10-15(25)5-6-18(20)21/h14-23,27-28,30-31H,2-13H2,1H3,(H,29,33)/t14?,15?,16?,17?,18?,19?,20-,21?,22?,23?/m1/s1. The fourth-order valence-electron chi connectivity index (χ4n) is 6.83. The summed E-state index contributed by atoms with van der Waals surface area (Å²) < 4.78 is 33.9. The highest BCUT2D eigenvalue weighted by Crippen LogP contribution is 2.36. The second kappa shape index (κ2) is 11.0. The quantitative estimate of drug-likeness (QED) is 0.381. The van der Waals surface area contributed by atoms with Crippen molar-refractivity contribution in [3.63, 3.8) is 0 Å². The van der Waals surface area contributed by atoms with E-state index < -0.39 is 12.3 Å². The van der Waals surface area contributed by atoms with Crippen molar-refractivity contribution in [1.82, 2.24) is 31.7 Å². The van der Waals surface area contributed by atoms with E-state index in [0.29, 0.717) is 32.0 Å². The Kier molecular flexibility index (Phi) is 8.02. The molecular formula is C24H42F2N6O2. The number of carbonyl (C=O) groups is 1. The highest BCUT2D eigenvalue weighted by Gasteiger charge is 2.43. The van der Waals surface area contributed by atoms with Crippen molar-refractivity contribution in [1.29, 1.82) is 0 Å². The second-order valence-corrected chi connectivity index (χ2v) is 11.1. The number of piperidine rings is 1. The van der Waals surface area contributed by atoms with Crippen LogP contribution in [0.3, 0.4) is 0 Å². The van der Waals surface area contributed by atoms with Crippen LogP contribution in [0.5, 0.6) is 0 Å². The van der Waals surface area contributed by atoms with Gasteiger partial charge in [0, 0.05) is 43.3 Å². The van der Waals surface area contributed by atoms with Gasteiger partial charge in [0.2, 0.25) is 5.91 Å². The van der Waals surface area contributed by atoms with Gasteiger partial charge in [-0.1, -0.05) is 6.42 Å². The Morgan fingerprint density at radius 2 is 1.97 bits per heavy atom. The molecule has 10 heteroatoms. The number of carbonyl (C=O) groups excluding carboxylic acids is 1. The van der Waals surface area contributed by atoms with Crippen LogP contribution in [0.2, 0.25) is 0 Å². The molecule has 9 unspecified atom stereocenters. The molecular weight excluding hydrogens is 442 g/mol. The number of nitrogens with zero attached hydrogens (tertiary/aromatic N) is 1. The third kappa shape index (κ3) is 5.42. The van der Waals surface area contributed by atoms with Crippen molar-refractivity contribution >= 4 is 5.91 Å². The van der Waals surface area contributed by atoms with Crippen LogP contribution < -0.4 is 26.8 Å². The molecule has 8 nitrogen and oxygen atoms in total. The van der Waals surface area contributed by atoms with Crippen molar-refractivity contribution in [2.75, 3.05) is 33.3 Å². The molecule has 3 aliphatic heterocycles. The minimum absolute atomic E-state index is 0.00462. The zero-order valence-electron chi connectivity index (χ0n) is 20.3. The van der Waals surface area contributed by atoms with E-state index in [0.717, 1.165) is 51.6 Å². The SMILES string of the molecule is CN1C(CNC2CCCC(C(=O)N[C@@H]3COC4CC(F)CCC43)C2)NNC1C1CCNCC1F. The van der Waals surface area contributed by atoms with Gasteiger partial charge in [-0.15, -0.1) is 0 Å². The van der Waals surface area contributed by atoms with Gasteiger partial charge in [-0.2, -0.15) is 0 Å². The number of ether oxygens (including phenoxy) is 1. The van der Waals surface area contributed by atoms with E-state index in [9.17, 15) is 13.6 Å². The van der Waals surface area contributed by atoms with Crippen molar-refractivity contribution in [2.24, 2.45) is 17.8 Å². The molecule has 2 aliphatic carbocycles. The number of hydrogen-bond donors (Lipinski definition) is 5. The molecule has 1 amide bonds. The summed E-state index contributed by atoms with van der Waals surface area (Å²) in [6, 6.07) is 0.313. The van der Waals surface area contributed by atoms with Crippen LogP contribution in [-0.4, -0.2) is 87.0 Å². The zero-order valence-corrected chi connectivity index (χ0v) is 20.3. The van der Waals surface area contributed by atoms with Gasteiger partial charge in [-0.3, -0.25) is 9.69 Å². The van der Waals surface area contributed by atoms with Crippen LogP contribution in [-0.2, 0) is 9.53 Å². The molecule has 0 bridgehead atoms. The van der Waals surface area contributed by atoms with Crippen LogP contribution in [0, 0.1) is 17.8 Å². The molecule has 3 saturated heterocycles. The molecule has 34 heavy (non-hydrogen) atoms. The smallest absolute Gasteiger partial charge is 0.223 e. The van der Waals surface area contributed by atoms with E-state index in [1.807, 2.05) is 7.05 Å². The maximum Gasteiger partial charge on any atom is 0.223 e. The third-order valence-electron chi connectivity index (χ3n) is 8.95. The van der Waals surface area contributed by atoms with Gasteiger partial charge < -0.3 is 20.7 Å². The second-order valence-electron chi connectivity index (χ2n) is 11.1. The Bertz CT molecular complexity index is 704. The minimum Gasteiger partial charge on any atom is -0.376 e. The van der Waals surface area contributed by atoms with Crippen molar-refractivity contribution < 1.29 is 18.3 Å². The Balaban J connectivity index is 1.07. The largest absolute Gasteiger partial charge is 0.376 e. The summed E-state index contributed by atoms with van der Waals surface area (Å²) in [6.07, 6.45) is 4.92. The molecule has 0 aromatic heterocycles. The Labute approximate surface area is 201 Å². The monoisotopic (exact) mass is 484 g/mol. The Morgan fingerprint density at radius 1 is 1.09 bits per heavy atom. The van der Waals surface area contributed by atoms with Crippen LogP contribution >= 0.6 is 0 Å². The Morgan fingerprint density at radius 3 is 2.82 bits per heavy atom. The highest BCUT2D eigenvalue weighted by atomic mass is 19.1. The van der Waals surface area contributed by atoms with Crippen molar-refractivity contribution in [3.05, 3.63) is 0 Å². The summed E-state index contributed by atoms with van der Waals surface area (Å²) in [5.41, 5.74) is 6.64. The van der Waals surface area contributed by atoms with Gasteiger partial charge in [-0.25, -0.2) is 19.6 Å². The van der Waals surface area contributed by atoms with Gasteiger partial charge in [-0.05, 0) is 52.1 Å². The topological polar surface area (TPSA) is 89.7 Å². The zero-order chi connectivity index (χ0) is 23.7. The first kappa shape index (κ1) is 24.8. The lowest BCUT2D eigenvalue weighted by Gasteiger charge is -2.35. The van der Waals surface area contributed by atoms with Gasteiger partial charge >= 0.3 is 0 Å². The number of halogens is 2. The van der Waals surface area contributed by atoms with Crippen LogP contribution in [0.1, 0.15) is 51.4 Å². The average Bonchev–Trinajstić information content (AvgIpc) is 3.40. The predicted octanol–water partition coefficient (Wildman–Crippen LogP) is 0.796. The van der Waals surface area contributed by atoms with E-state index in [1.165, 1.54) is 0 Å². The summed E-state index contributed by atoms with van der Waals surface area (Å²) >= 11 is 0.